The molecule has 0 saturated carbocycles. The van der Waals surface area contributed by atoms with Crippen LogP contribution in [-0.2, 0) is 16.1 Å². The minimum Gasteiger partial charge on any atom is -0.452 e. The van der Waals surface area contributed by atoms with Gasteiger partial charge in [0.25, 0.3) is 5.91 Å². The van der Waals surface area contributed by atoms with Gasteiger partial charge in [0.2, 0.25) is 0 Å². The highest BCUT2D eigenvalue weighted by Gasteiger charge is 2.11. The molecule has 1 aromatic heterocycles. The van der Waals surface area contributed by atoms with Crippen molar-refractivity contribution in [2.24, 2.45) is 5.92 Å². The Morgan fingerprint density at radius 2 is 1.85 bits per heavy atom. The maximum Gasteiger partial charge on any atom is 0.338 e. The highest BCUT2D eigenvalue weighted by Crippen LogP contribution is 2.13. The zero-order chi connectivity index (χ0) is 19.2. The number of fused-ring (bicyclic) bond motifs is 1. The number of nitrogens with zero attached hydrogens (tertiary/aromatic N) is 3. The third-order valence-corrected chi connectivity index (χ3v) is 3.98. The Balaban J connectivity index is 1.56. The van der Waals surface area contributed by atoms with Crippen LogP contribution >= 0.6 is 0 Å². The second-order valence-corrected chi connectivity index (χ2v) is 6.71. The van der Waals surface area contributed by atoms with Gasteiger partial charge in [0.1, 0.15) is 5.52 Å². The maximum absolute atomic E-state index is 12.1. The molecule has 0 unspecified atom stereocenters. The van der Waals surface area contributed by atoms with Crippen molar-refractivity contribution in [1.82, 2.24) is 20.3 Å². The van der Waals surface area contributed by atoms with E-state index in [0.717, 1.165) is 16.6 Å². The summed E-state index contributed by atoms with van der Waals surface area (Å²) in [4.78, 5) is 23.7. The van der Waals surface area contributed by atoms with E-state index in [0.29, 0.717) is 24.6 Å². The Labute approximate surface area is 157 Å². The molecule has 3 aromatic rings. The van der Waals surface area contributed by atoms with Crippen molar-refractivity contribution in [3.8, 4) is 0 Å². The van der Waals surface area contributed by atoms with Gasteiger partial charge in [0, 0.05) is 6.54 Å². The third kappa shape index (κ3) is 4.91. The number of ether oxygens (including phenoxy) is 1. The summed E-state index contributed by atoms with van der Waals surface area (Å²) in [7, 11) is 0. The van der Waals surface area contributed by atoms with E-state index in [9.17, 15) is 9.59 Å². The lowest BCUT2D eigenvalue weighted by molar-refractivity contribution is -0.124. The van der Waals surface area contributed by atoms with Crippen LogP contribution in [-0.4, -0.2) is 40.0 Å². The summed E-state index contributed by atoms with van der Waals surface area (Å²) in [5, 5.41) is 11.0. The molecular formula is C20H22N4O3. The van der Waals surface area contributed by atoms with Crippen LogP contribution in [0.3, 0.4) is 0 Å². The van der Waals surface area contributed by atoms with Crippen molar-refractivity contribution in [3.05, 3.63) is 59.7 Å². The Morgan fingerprint density at radius 1 is 1.11 bits per heavy atom. The first-order valence-electron chi connectivity index (χ1n) is 8.84. The molecule has 3 rings (SSSR count). The number of amides is 1. The molecule has 0 radical (unpaired) electrons. The average molecular weight is 366 g/mol. The first-order valence-corrected chi connectivity index (χ1v) is 8.84. The molecule has 2 aromatic carbocycles. The maximum atomic E-state index is 12.1. The number of rotatable bonds is 7. The molecule has 0 aliphatic heterocycles. The molecule has 0 atom stereocenters. The molecule has 27 heavy (non-hydrogen) atoms. The van der Waals surface area contributed by atoms with Crippen molar-refractivity contribution >= 4 is 22.9 Å². The standard InChI is InChI=1S/C20H22N4O3/c1-14(2)11-21-19(25)13-27-20(26)16-9-7-15(8-10-16)12-24-18-6-4-3-5-17(18)22-23-24/h3-10,14H,11-13H2,1-2H3,(H,21,25). The van der Waals surface area contributed by atoms with Crippen molar-refractivity contribution in [3.63, 3.8) is 0 Å². The highest BCUT2D eigenvalue weighted by molar-refractivity contribution is 5.91. The zero-order valence-electron chi connectivity index (χ0n) is 15.4. The first kappa shape index (κ1) is 18.6. The Morgan fingerprint density at radius 3 is 2.59 bits per heavy atom. The van der Waals surface area contributed by atoms with Gasteiger partial charge in [-0.1, -0.05) is 43.3 Å². The van der Waals surface area contributed by atoms with Gasteiger partial charge >= 0.3 is 5.97 Å². The average Bonchev–Trinajstić information content (AvgIpc) is 3.08. The zero-order valence-corrected chi connectivity index (χ0v) is 15.4. The highest BCUT2D eigenvalue weighted by atomic mass is 16.5. The van der Waals surface area contributed by atoms with Gasteiger partial charge in [-0.05, 0) is 35.7 Å². The molecule has 140 valence electrons. The first-order chi connectivity index (χ1) is 13.0. The topological polar surface area (TPSA) is 86.1 Å². The molecular weight excluding hydrogens is 344 g/mol. The second-order valence-electron chi connectivity index (χ2n) is 6.71. The van der Waals surface area contributed by atoms with E-state index in [1.807, 2.05) is 54.9 Å². The quantitative estimate of drug-likeness (QED) is 0.649. The van der Waals surface area contributed by atoms with Gasteiger partial charge in [-0.3, -0.25) is 4.79 Å². The van der Waals surface area contributed by atoms with E-state index in [1.165, 1.54) is 0 Å². The number of aromatic nitrogens is 3. The molecule has 0 aliphatic rings. The van der Waals surface area contributed by atoms with Gasteiger partial charge in [-0.2, -0.15) is 0 Å². The molecule has 0 saturated heterocycles. The number of carbonyl (C=O) groups excluding carboxylic acids is 2. The predicted molar refractivity (Wildman–Crippen MR) is 101 cm³/mol. The lowest BCUT2D eigenvalue weighted by Crippen LogP contribution is -2.31. The van der Waals surface area contributed by atoms with E-state index in [4.69, 9.17) is 4.74 Å². The summed E-state index contributed by atoms with van der Waals surface area (Å²) in [6, 6.07) is 14.8. The second kappa shape index (κ2) is 8.44. The number of para-hydroxylation sites is 1. The van der Waals surface area contributed by atoms with Gasteiger partial charge < -0.3 is 10.1 Å². The lowest BCUT2D eigenvalue weighted by Gasteiger charge is -2.08. The Kier molecular flexibility index (Phi) is 5.80. The van der Waals surface area contributed by atoms with Crippen molar-refractivity contribution in [2.45, 2.75) is 20.4 Å². The molecule has 7 heteroatoms. The normalized spacial score (nSPS) is 10.9. The summed E-state index contributed by atoms with van der Waals surface area (Å²) in [6.07, 6.45) is 0. The van der Waals surface area contributed by atoms with Crippen LogP contribution in [0, 0.1) is 5.92 Å². The van der Waals surface area contributed by atoms with Crippen molar-refractivity contribution < 1.29 is 14.3 Å². The summed E-state index contributed by atoms with van der Waals surface area (Å²) in [5.74, 6) is -0.474. The molecule has 1 N–H and O–H groups in total. The minimum absolute atomic E-state index is 0.280. The van der Waals surface area contributed by atoms with Gasteiger partial charge in [-0.15, -0.1) is 5.10 Å². The monoisotopic (exact) mass is 366 g/mol. The summed E-state index contributed by atoms with van der Waals surface area (Å²) >= 11 is 0. The Hall–Kier alpha value is -3.22. The lowest BCUT2D eigenvalue weighted by atomic mass is 10.1. The summed E-state index contributed by atoms with van der Waals surface area (Å²) in [5.41, 5.74) is 3.18. The fraction of sp³-hybridized carbons (Fsp3) is 0.300. The molecule has 0 bridgehead atoms. The summed E-state index contributed by atoms with van der Waals surface area (Å²) < 4.78 is 6.85. The van der Waals surface area contributed by atoms with Crippen LogP contribution in [0.4, 0.5) is 0 Å². The number of carbonyl (C=O) groups is 2. The van der Waals surface area contributed by atoms with Crippen LogP contribution in [0.5, 0.6) is 0 Å². The molecule has 7 nitrogen and oxygen atoms in total. The van der Waals surface area contributed by atoms with Gasteiger partial charge in [0.05, 0.1) is 17.6 Å². The third-order valence-electron chi connectivity index (χ3n) is 3.98. The van der Waals surface area contributed by atoms with Crippen molar-refractivity contribution in [1.29, 1.82) is 0 Å². The number of nitrogens with one attached hydrogen (secondary N) is 1. The number of hydrogen-bond acceptors (Lipinski definition) is 5. The molecule has 0 aliphatic carbocycles. The van der Waals surface area contributed by atoms with Crippen molar-refractivity contribution in [2.75, 3.05) is 13.2 Å². The number of esters is 1. The van der Waals surface area contributed by atoms with E-state index in [-0.39, 0.29) is 12.5 Å². The molecule has 0 spiro atoms. The van der Waals surface area contributed by atoms with E-state index in [1.54, 1.807) is 12.1 Å². The number of benzene rings is 2. The van der Waals surface area contributed by atoms with Crippen LogP contribution in [0.15, 0.2) is 48.5 Å². The van der Waals surface area contributed by atoms with E-state index < -0.39 is 5.97 Å². The fourth-order valence-corrected chi connectivity index (χ4v) is 2.54. The predicted octanol–water partition coefficient (Wildman–Crippen LogP) is 2.41. The van der Waals surface area contributed by atoms with E-state index >= 15 is 0 Å². The number of hydrogen-bond donors (Lipinski definition) is 1. The Bertz CT molecular complexity index is 932. The van der Waals surface area contributed by atoms with Crippen LogP contribution < -0.4 is 5.32 Å². The van der Waals surface area contributed by atoms with Crippen LogP contribution in [0.25, 0.3) is 11.0 Å². The van der Waals surface area contributed by atoms with Gasteiger partial charge in [0.15, 0.2) is 6.61 Å². The largest absolute Gasteiger partial charge is 0.452 e. The smallest absolute Gasteiger partial charge is 0.338 e. The van der Waals surface area contributed by atoms with Crippen LogP contribution in [0.2, 0.25) is 0 Å². The minimum atomic E-state index is -0.521. The van der Waals surface area contributed by atoms with Crippen LogP contribution in [0.1, 0.15) is 29.8 Å². The molecule has 1 amide bonds. The SMILES string of the molecule is CC(C)CNC(=O)COC(=O)c1ccc(Cn2nnc3ccccc32)cc1. The van der Waals surface area contributed by atoms with Gasteiger partial charge in [-0.25, -0.2) is 9.48 Å². The summed E-state index contributed by atoms with van der Waals surface area (Å²) in [6.45, 7) is 4.82. The van der Waals surface area contributed by atoms with E-state index in [2.05, 4.69) is 15.6 Å². The molecule has 1 heterocycles. The fourth-order valence-electron chi connectivity index (χ4n) is 2.54. The molecule has 0 fully saturated rings.